The Labute approximate surface area is 114 Å². The third-order valence-corrected chi connectivity index (χ3v) is 2.97. The highest BCUT2D eigenvalue weighted by Gasteiger charge is 2.22. The van der Waals surface area contributed by atoms with Crippen LogP contribution < -0.4 is 5.73 Å². The molecule has 2 aromatic heterocycles. The molecule has 9 heteroatoms. The molecule has 110 valence electrons. The van der Waals surface area contributed by atoms with Gasteiger partial charge in [0.2, 0.25) is 0 Å². The third-order valence-electron chi connectivity index (χ3n) is 2.97. The summed E-state index contributed by atoms with van der Waals surface area (Å²) in [6.07, 6.45) is -0.907. The topological polar surface area (TPSA) is 140 Å². The van der Waals surface area contributed by atoms with Gasteiger partial charge in [0.05, 0.1) is 24.7 Å². The first-order valence-electron chi connectivity index (χ1n) is 6.09. The van der Waals surface area contributed by atoms with Gasteiger partial charge in [-0.2, -0.15) is 0 Å². The molecule has 0 bridgehead atoms. The summed E-state index contributed by atoms with van der Waals surface area (Å²) < 4.78 is 7.01. The number of hydrogen-bond acceptors (Lipinski definition) is 8. The van der Waals surface area contributed by atoms with Gasteiger partial charge in [0.1, 0.15) is 6.10 Å². The summed E-state index contributed by atoms with van der Waals surface area (Å²) in [6, 6.07) is 1.68. The number of ether oxygens (including phenoxy) is 1. The molecule has 0 unspecified atom stereocenters. The largest absolute Gasteiger partial charge is 0.394 e. The van der Waals surface area contributed by atoms with Crippen LogP contribution in [0, 0.1) is 0 Å². The molecular weight excluding hydrogens is 266 g/mol. The van der Waals surface area contributed by atoms with Crippen LogP contribution in [0.4, 0.5) is 5.82 Å². The summed E-state index contributed by atoms with van der Waals surface area (Å²) in [5.41, 5.74) is 6.08. The standard InChI is InChI=1S/C11H17N5O4/c1-6(19)8(4-17)20-9(5-18)16-3-2-7-10(12)13-15-14-11(7)16/h2-3,6,8-9,17-19H,4-5H2,1H3,(H2,12,13,14)/t6-,8-,9-/m1/s1. The van der Waals surface area contributed by atoms with E-state index in [4.69, 9.17) is 15.6 Å². The molecule has 0 aromatic carbocycles. The smallest absolute Gasteiger partial charge is 0.170 e. The van der Waals surface area contributed by atoms with Crippen LogP contribution in [0.15, 0.2) is 12.3 Å². The van der Waals surface area contributed by atoms with E-state index in [-0.39, 0.29) is 19.0 Å². The quantitative estimate of drug-likeness (QED) is 0.510. The lowest BCUT2D eigenvalue weighted by molar-refractivity contribution is -0.131. The summed E-state index contributed by atoms with van der Waals surface area (Å²) in [7, 11) is 0. The molecule has 2 rings (SSSR count). The molecule has 0 spiro atoms. The molecule has 20 heavy (non-hydrogen) atoms. The summed E-state index contributed by atoms with van der Waals surface area (Å²) in [5, 5.41) is 39.7. The van der Waals surface area contributed by atoms with Gasteiger partial charge in [-0.3, -0.25) is 0 Å². The number of nitrogen functional groups attached to an aromatic ring is 1. The highest BCUT2D eigenvalue weighted by Crippen LogP contribution is 2.22. The van der Waals surface area contributed by atoms with Crippen molar-refractivity contribution in [2.24, 2.45) is 0 Å². The van der Waals surface area contributed by atoms with Crippen LogP contribution in [0.5, 0.6) is 0 Å². The first-order chi connectivity index (χ1) is 9.58. The van der Waals surface area contributed by atoms with Crippen molar-refractivity contribution in [1.82, 2.24) is 20.0 Å². The highest BCUT2D eigenvalue weighted by atomic mass is 16.5. The van der Waals surface area contributed by atoms with Crippen LogP contribution in [0.3, 0.4) is 0 Å². The first kappa shape index (κ1) is 14.6. The van der Waals surface area contributed by atoms with Crippen molar-refractivity contribution in [1.29, 1.82) is 0 Å². The molecule has 5 N–H and O–H groups in total. The minimum Gasteiger partial charge on any atom is -0.394 e. The van der Waals surface area contributed by atoms with E-state index >= 15 is 0 Å². The number of aliphatic hydroxyl groups excluding tert-OH is 3. The van der Waals surface area contributed by atoms with Crippen molar-refractivity contribution in [3.05, 3.63) is 12.3 Å². The lowest BCUT2D eigenvalue weighted by atomic mass is 10.2. The van der Waals surface area contributed by atoms with Crippen molar-refractivity contribution in [3.8, 4) is 0 Å². The summed E-state index contributed by atoms with van der Waals surface area (Å²) >= 11 is 0. The predicted octanol–water partition coefficient (Wildman–Crippen LogP) is -1.34. The molecule has 0 fully saturated rings. The fourth-order valence-corrected chi connectivity index (χ4v) is 1.85. The Kier molecular flexibility index (Phi) is 4.45. The van der Waals surface area contributed by atoms with E-state index in [2.05, 4.69) is 15.4 Å². The Balaban J connectivity index is 2.32. The summed E-state index contributed by atoms with van der Waals surface area (Å²) in [4.78, 5) is 0. The molecule has 0 saturated heterocycles. The van der Waals surface area contributed by atoms with Crippen molar-refractivity contribution >= 4 is 16.9 Å². The maximum absolute atomic E-state index is 9.48. The summed E-state index contributed by atoms with van der Waals surface area (Å²) in [5.74, 6) is 0.222. The molecule has 9 nitrogen and oxygen atoms in total. The zero-order chi connectivity index (χ0) is 14.7. The normalized spacial score (nSPS) is 16.2. The molecule has 2 heterocycles. The van der Waals surface area contributed by atoms with Crippen LogP contribution in [0.2, 0.25) is 0 Å². The number of anilines is 1. The molecular formula is C11H17N5O4. The number of hydrogen-bond donors (Lipinski definition) is 4. The zero-order valence-corrected chi connectivity index (χ0v) is 10.9. The molecule has 3 atom stereocenters. The average Bonchev–Trinajstić information content (AvgIpc) is 2.85. The van der Waals surface area contributed by atoms with Gasteiger partial charge >= 0.3 is 0 Å². The van der Waals surface area contributed by atoms with Gasteiger partial charge in [-0.25, -0.2) is 0 Å². The molecule has 0 aliphatic carbocycles. The van der Waals surface area contributed by atoms with Crippen LogP contribution in [-0.2, 0) is 4.74 Å². The van der Waals surface area contributed by atoms with Crippen LogP contribution in [0.25, 0.3) is 11.0 Å². The third kappa shape index (κ3) is 2.70. The summed E-state index contributed by atoms with van der Waals surface area (Å²) in [6.45, 7) is 0.754. The van der Waals surface area contributed by atoms with Gasteiger partial charge < -0.3 is 30.4 Å². The predicted molar refractivity (Wildman–Crippen MR) is 69.5 cm³/mol. The Morgan fingerprint density at radius 3 is 2.70 bits per heavy atom. The number of aromatic nitrogens is 4. The number of fused-ring (bicyclic) bond motifs is 1. The second kappa shape index (κ2) is 6.09. The van der Waals surface area contributed by atoms with Crippen LogP contribution >= 0.6 is 0 Å². The van der Waals surface area contributed by atoms with Gasteiger partial charge in [0, 0.05) is 6.20 Å². The lowest BCUT2D eigenvalue weighted by Crippen LogP contribution is -2.34. The van der Waals surface area contributed by atoms with Crippen molar-refractivity contribution < 1.29 is 20.1 Å². The van der Waals surface area contributed by atoms with Crippen molar-refractivity contribution in [2.45, 2.75) is 25.4 Å². The van der Waals surface area contributed by atoms with E-state index < -0.39 is 18.4 Å². The fraction of sp³-hybridized carbons (Fsp3) is 0.545. The molecule has 0 aliphatic rings. The van der Waals surface area contributed by atoms with Gasteiger partial charge in [-0.05, 0) is 18.2 Å². The average molecular weight is 283 g/mol. The minimum atomic E-state index is -0.881. The number of aliphatic hydroxyl groups is 3. The monoisotopic (exact) mass is 283 g/mol. The Morgan fingerprint density at radius 2 is 2.10 bits per heavy atom. The Morgan fingerprint density at radius 1 is 1.35 bits per heavy atom. The van der Waals surface area contributed by atoms with Crippen molar-refractivity contribution in [2.75, 3.05) is 18.9 Å². The van der Waals surface area contributed by atoms with E-state index in [0.717, 1.165) is 0 Å². The molecule has 0 amide bonds. The van der Waals surface area contributed by atoms with E-state index in [1.165, 1.54) is 11.5 Å². The fourth-order valence-electron chi connectivity index (χ4n) is 1.85. The van der Waals surface area contributed by atoms with Crippen LogP contribution in [-0.4, -0.2) is 60.7 Å². The van der Waals surface area contributed by atoms with E-state index in [1.807, 2.05) is 0 Å². The van der Waals surface area contributed by atoms with Gasteiger partial charge in [-0.15, -0.1) is 10.2 Å². The van der Waals surface area contributed by atoms with Gasteiger partial charge in [0.15, 0.2) is 17.7 Å². The maximum atomic E-state index is 9.48. The zero-order valence-electron chi connectivity index (χ0n) is 10.9. The van der Waals surface area contributed by atoms with E-state index in [9.17, 15) is 10.2 Å². The Bertz CT molecular complexity index is 573. The first-order valence-corrected chi connectivity index (χ1v) is 6.09. The van der Waals surface area contributed by atoms with Gasteiger partial charge in [-0.1, -0.05) is 0 Å². The SMILES string of the molecule is C[C@@H](O)[C@@H](CO)O[C@H](CO)n1ccc2c(N)nnnc21. The second-order valence-corrected chi connectivity index (χ2v) is 4.37. The minimum absolute atomic E-state index is 0.222. The molecule has 0 saturated carbocycles. The lowest BCUT2D eigenvalue weighted by Gasteiger charge is -2.25. The van der Waals surface area contributed by atoms with Gasteiger partial charge in [0.25, 0.3) is 0 Å². The maximum Gasteiger partial charge on any atom is 0.170 e. The van der Waals surface area contributed by atoms with E-state index in [1.54, 1.807) is 12.3 Å². The molecule has 0 radical (unpaired) electrons. The second-order valence-electron chi connectivity index (χ2n) is 4.37. The Hall–Kier alpha value is -1.81. The number of nitrogens with two attached hydrogens (primary N) is 1. The molecule has 2 aromatic rings. The molecule has 0 aliphatic heterocycles. The number of nitrogens with zero attached hydrogens (tertiary/aromatic N) is 4. The number of rotatable bonds is 6. The van der Waals surface area contributed by atoms with Crippen LogP contribution in [0.1, 0.15) is 13.2 Å². The highest BCUT2D eigenvalue weighted by molar-refractivity contribution is 5.85. The van der Waals surface area contributed by atoms with E-state index in [0.29, 0.717) is 11.0 Å². The van der Waals surface area contributed by atoms with Crippen molar-refractivity contribution in [3.63, 3.8) is 0 Å².